The molecule has 0 atom stereocenters. The van der Waals surface area contributed by atoms with E-state index in [0.29, 0.717) is 21.0 Å². The van der Waals surface area contributed by atoms with Crippen molar-refractivity contribution in [1.82, 2.24) is 0 Å². The van der Waals surface area contributed by atoms with Crippen LogP contribution in [0.5, 0.6) is 0 Å². The molecule has 0 saturated heterocycles. The highest BCUT2D eigenvalue weighted by Crippen LogP contribution is 2.33. The van der Waals surface area contributed by atoms with Gasteiger partial charge in [-0.2, -0.15) is 5.26 Å². The van der Waals surface area contributed by atoms with Crippen molar-refractivity contribution in [3.05, 3.63) is 51.4 Å². The summed E-state index contributed by atoms with van der Waals surface area (Å²) in [7, 11) is 1.28. The minimum absolute atomic E-state index is 0.286. The van der Waals surface area contributed by atoms with Gasteiger partial charge in [0.05, 0.1) is 12.7 Å². The first-order chi connectivity index (χ1) is 11.0. The molecule has 1 amide bonds. The zero-order chi connectivity index (χ0) is 17.0. The fourth-order valence-electron chi connectivity index (χ4n) is 2.09. The van der Waals surface area contributed by atoms with Crippen LogP contribution >= 0.6 is 11.3 Å². The number of carbonyl (C=O) groups is 2. The molecule has 1 heterocycles. The number of methoxy groups -OCH3 is 1. The first-order valence-electron chi connectivity index (χ1n) is 7.03. The zero-order valence-electron chi connectivity index (χ0n) is 13.1. The number of ether oxygens (including phenoxy) is 1. The number of thiophene rings is 1. The molecule has 0 bridgehead atoms. The van der Waals surface area contributed by atoms with Gasteiger partial charge in [-0.1, -0.05) is 19.1 Å². The van der Waals surface area contributed by atoms with Gasteiger partial charge in [0.25, 0.3) is 5.91 Å². The first-order valence-corrected chi connectivity index (χ1v) is 7.85. The molecule has 0 radical (unpaired) electrons. The van der Waals surface area contributed by atoms with Gasteiger partial charge in [-0.3, -0.25) is 4.79 Å². The summed E-state index contributed by atoms with van der Waals surface area (Å²) in [5, 5.41) is 12.3. The molecule has 0 aliphatic heterocycles. The summed E-state index contributed by atoms with van der Waals surface area (Å²) in [6.07, 6.45) is 0.896. The number of carbonyl (C=O) groups excluding carboxylic acids is 2. The lowest BCUT2D eigenvalue weighted by molar-refractivity contribution is 0.0605. The Balaban J connectivity index is 2.30. The summed E-state index contributed by atoms with van der Waals surface area (Å²) in [5.74, 6) is -0.835. The van der Waals surface area contributed by atoms with Crippen LogP contribution in [0.2, 0.25) is 0 Å². The Morgan fingerprint density at radius 2 is 1.96 bits per heavy atom. The number of hydrogen-bond acceptors (Lipinski definition) is 5. The highest BCUT2D eigenvalue weighted by Gasteiger charge is 2.22. The molecule has 5 nitrogen and oxygen atoms in total. The number of rotatable bonds is 4. The third kappa shape index (κ3) is 3.41. The molecule has 0 unspecified atom stereocenters. The molecule has 0 spiro atoms. The molecule has 0 saturated carbocycles. The fourth-order valence-corrected chi connectivity index (χ4v) is 3.16. The van der Waals surface area contributed by atoms with Gasteiger partial charge in [-0.15, -0.1) is 11.3 Å². The summed E-state index contributed by atoms with van der Waals surface area (Å²) in [6, 6.07) is 9.28. The van der Waals surface area contributed by atoms with Crippen LogP contribution in [-0.4, -0.2) is 19.0 Å². The molecule has 23 heavy (non-hydrogen) atoms. The van der Waals surface area contributed by atoms with Gasteiger partial charge in [-0.25, -0.2) is 4.79 Å². The molecular formula is C17H16N2O3S. The van der Waals surface area contributed by atoms with Crippen molar-refractivity contribution in [1.29, 1.82) is 5.26 Å². The molecule has 1 N–H and O–H groups in total. The predicted octanol–water partition coefficient (Wildman–Crippen LogP) is 3.53. The fraction of sp³-hybridized carbons (Fsp3) is 0.235. The smallest absolute Gasteiger partial charge is 0.348 e. The molecule has 0 fully saturated rings. The molecule has 2 aromatic rings. The second-order valence-corrected chi connectivity index (χ2v) is 5.89. The highest BCUT2D eigenvalue weighted by atomic mass is 32.1. The molecule has 0 aliphatic carbocycles. The Labute approximate surface area is 138 Å². The molecule has 0 aliphatic rings. The van der Waals surface area contributed by atoms with Crippen molar-refractivity contribution >= 4 is 28.2 Å². The maximum atomic E-state index is 12.3. The van der Waals surface area contributed by atoms with Gasteiger partial charge >= 0.3 is 5.97 Å². The standard InChI is InChI=1S/C17H16N2O3S/c1-4-11-5-7-12(8-6-11)15(20)19-16-13(9-18)10(2)14(23-16)17(21)22-3/h5-8H,4H2,1-3H3,(H,19,20). The van der Waals surface area contributed by atoms with E-state index in [0.717, 1.165) is 23.3 Å². The van der Waals surface area contributed by atoms with Gasteiger partial charge in [0, 0.05) is 5.56 Å². The van der Waals surface area contributed by atoms with E-state index >= 15 is 0 Å². The van der Waals surface area contributed by atoms with Crippen molar-refractivity contribution in [2.24, 2.45) is 0 Å². The van der Waals surface area contributed by atoms with Gasteiger partial charge in [0.2, 0.25) is 0 Å². The van der Waals surface area contributed by atoms with E-state index in [1.807, 2.05) is 25.1 Å². The van der Waals surface area contributed by atoms with E-state index in [2.05, 4.69) is 5.32 Å². The predicted molar refractivity (Wildman–Crippen MR) is 88.9 cm³/mol. The number of hydrogen-bond donors (Lipinski definition) is 1. The van der Waals surface area contributed by atoms with Gasteiger partial charge in [-0.05, 0) is 36.6 Å². The van der Waals surface area contributed by atoms with Crippen LogP contribution < -0.4 is 5.32 Å². The van der Waals surface area contributed by atoms with Crippen molar-refractivity contribution in [2.75, 3.05) is 12.4 Å². The summed E-state index contributed by atoms with van der Waals surface area (Å²) in [4.78, 5) is 24.3. The third-order valence-corrected chi connectivity index (χ3v) is 4.67. The van der Waals surface area contributed by atoms with Crippen LogP contribution in [-0.2, 0) is 11.2 Å². The molecule has 2 rings (SSSR count). The third-order valence-electron chi connectivity index (χ3n) is 3.48. The Kier molecular flexibility index (Phi) is 5.14. The number of nitrogens with zero attached hydrogens (tertiary/aromatic N) is 1. The maximum absolute atomic E-state index is 12.3. The van der Waals surface area contributed by atoms with Gasteiger partial charge in [0.15, 0.2) is 0 Å². The molecule has 118 valence electrons. The number of aryl methyl sites for hydroxylation is 1. The number of anilines is 1. The number of benzene rings is 1. The number of amides is 1. The lowest BCUT2D eigenvalue weighted by atomic mass is 10.1. The van der Waals surface area contributed by atoms with Crippen LogP contribution in [0.25, 0.3) is 0 Å². The van der Waals surface area contributed by atoms with Crippen LogP contribution in [0.4, 0.5) is 5.00 Å². The minimum Gasteiger partial charge on any atom is -0.465 e. The second kappa shape index (κ2) is 7.07. The van der Waals surface area contributed by atoms with Crippen molar-refractivity contribution in [2.45, 2.75) is 20.3 Å². The largest absolute Gasteiger partial charge is 0.465 e. The van der Waals surface area contributed by atoms with Crippen molar-refractivity contribution in [3.8, 4) is 6.07 Å². The van der Waals surface area contributed by atoms with Crippen LogP contribution in [0, 0.1) is 18.3 Å². The monoisotopic (exact) mass is 328 g/mol. The van der Waals surface area contributed by atoms with Gasteiger partial charge in [0.1, 0.15) is 15.9 Å². The lowest BCUT2D eigenvalue weighted by Crippen LogP contribution is -2.11. The van der Waals surface area contributed by atoms with E-state index in [1.54, 1.807) is 19.1 Å². The molecule has 1 aromatic heterocycles. The SMILES string of the molecule is CCc1ccc(C(=O)Nc2sc(C(=O)OC)c(C)c2C#N)cc1. The topological polar surface area (TPSA) is 79.2 Å². The van der Waals surface area contributed by atoms with E-state index in [1.165, 1.54) is 7.11 Å². The normalized spacial score (nSPS) is 10.0. The van der Waals surface area contributed by atoms with Crippen LogP contribution in [0.3, 0.4) is 0 Å². The van der Waals surface area contributed by atoms with E-state index in [4.69, 9.17) is 4.74 Å². The lowest BCUT2D eigenvalue weighted by Gasteiger charge is -2.04. The Morgan fingerprint density at radius 1 is 1.30 bits per heavy atom. The van der Waals surface area contributed by atoms with Crippen LogP contribution in [0.1, 0.15) is 43.6 Å². The molecular weight excluding hydrogens is 312 g/mol. The van der Waals surface area contributed by atoms with Crippen molar-refractivity contribution < 1.29 is 14.3 Å². The number of nitriles is 1. The molecule has 6 heteroatoms. The summed E-state index contributed by atoms with van der Waals surface area (Å²) < 4.78 is 4.69. The van der Waals surface area contributed by atoms with Crippen molar-refractivity contribution in [3.63, 3.8) is 0 Å². The Morgan fingerprint density at radius 3 is 2.48 bits per heavy atom. The quantitative estimate of drug-likeness (QED) is 0.871. The Bertz CT molecular complexity index is 785. The summed E-state index contributed by atoms with van der Waals surface area (Å²) in [6.45, 7) is 3.70. The second-order valence-electron chi connectivity index (χ2n) is 4.87. The average molecular weight is 328 g/mol. The number of nitrogens with one attached hydrogen (secondary N) is 1. The van der Waals surface area contributed by atoms with E-state index < -0.39 is 5.97 Å². The average Bonchev–Trinajstić information content (AvgIpc) is 2.89. The van der Waals surface area contributed by atoms with Crippen LogP contribution in [0.15, 0.2) is 24.3 Å². The summed E-state index contributed by atoms with van der Waals surface area (Å²) in [5.41, 5.74) is 2.44. The minimum atomic E-state index is -0.517. The van der Waals surface area contributed by atoms with E-state index in [-0.39, 0.29) is 11.5 Å². The van der Waals surface area contributed by atoms with Gasteiger partial charge < -0.3 is 10.1 Å². The zero-order valence-corrected chi connectivity index (χ0v) is 13.9. The van der Waals surface area contributed by atoms with E-state index in [9.17, 15) is 14.9 Å². The Hall–Kier alpha value is -2.65. The first kappa shape index (κ1) is 16.7. The number of esters is 1. The molecule has 1 aromatic carbocycles. The maximum Gasteiger partial charge on any atom is 0.348 e. The summed E-state index contributed by atoms with van der Waals surface area (Å²) >= 11 is 1.05. The highest BCUT2D eigenvalue weighted by molar-refractivity contribution is 7.18.